The summed E-state index contributed by atoms with van der Waals surface area (Å²) < 4.78 is 16.6. The second-order valence-electron chi connectivity index (χ2n) is 8.68. The molecule has 0 radical (unpaired) electrons. The number of carbonyl (C=O) groups is 2. The van der Waals surface area contributed by atoms with Crippen LogP contribution in [0.1, 0.15) is 57.5 Å². The summed E-state index contributed by atoms with van der Waals surface area (Å²) in [6, 6.07) is 15.5. The fraction of sp³-hybridized carbons (Fsp3) is 0.207. The van der Waals surface area contributed by atoms with Crippen LogP contribution in [0.4, 0.5) is 5.69 Å². The highest BCUT2D eigenvalue weighted by Crippen LogP contribution is 2.43. The van der Waals surface area contributed by atoms with Gasteiger partial charge in [-0.15, -0.1) is 0 Å². The standard InChI is InChI=1S/C29H25NO7/c1-4-35-23-15-18(9-12-21(23)31)25-24-26(32)20-14-16(3)6-13-22(20)37-27(24)28(33)30(25)19-10-7-17(8-11-19)29(34)36-5-2/h6-15,25,31H,4-5H2,1-3H3. The number of hydrogen-bond acceptors (Lipinski definition) is 7. The zero-order valence-corrected chi connectivity index (χ0v) is 20.6. The molecule has 1 unspecified atom stereocenters. The minimum Gasteiger partial charge on any atom is -0.504 e. The normalized spacial score (nSPS) is 14.6. The van der Waals surface area contributed by atoms with E-state index in [0.29, 0.717) is 34.4 Å². The Morgan fingerprint density at radius 2 is 1.76 bits per heavy atom. The van der Waals surface area contributed by atoms with E-state index in [9.17, 15) is 19.5 Å². The SMILES string of the molecule is CCOC(=O)c1ccc(N2C(=O)c3oc4ccc(C)cc4c(=O)c3C2c2ccc(O)c(OCC)c2)cc1. The topological polar surface area (TPSA) is 106 Å². The van der Waals surface area contributed by atoms with Crippen LogP contribution >= 0.6 is 0 Å². The Balaban J connectivity index is 1.72. The average molecular weight is 500 g/mol. The molecule has 4 aromatic rings. The average Bonchev–Trinajstić information content (AvgIpc) is 3.18. The lowest BCUT2D eigenvalue weighted by Crippen LogP contribution is -2.29. The number of aromatic hydroxyl groups is 1. The molecule has 1 aromatic heterocycles. The molecule has 0 aliphatic carbocycles. The van der Waals surface area contributed by atoms with E-state index in [1.165, 1.54) is 11.0 Å². The Morgan fingerprint density at radius 3 is 2.46 bits per heavy atom. The van der Waals surface area contributed by atoms with Crippen LogP contribution in [0, 0.1) is 6.92 Å². The van der Waals surface area contributed by atoms with E-state index in [4.69, 9.17) is 13.9 Å². The summed E-state index contributed by atoms with van der Waals surface area (Å²) in [5, 5.41) is 10.6. The predicted octanol–water partition coefficient (Wildman–Crippen LogP) is 5.13. The summed E-state index contributed by atoms with van der Waals surface area (Å²) in [7, 11) is 0. The van der Waals surface area contributed by atoms with Crippen molar-refractivity contribution in [3.8, 4) is 11.5 Å². The van der Waals surface area contributed by atoms with Gasteiger partial charge in [0.2, 0.25) is 5.76 Å². The van der Waals surface area contributed by atoms with Crippen LogP contribution in [0.5, 0.6) is 11.5 Å². The molecule has 0 spiro atoms. The van der Waals surface area contributed by atoms with Crippen molar-refractivity contribution in [1.82, 2.24) is 0 Å². The summed E-state index contributed by atoms with van der Waals surface area (Å²) >= 11 is 0. The van der Waals surface area contributed by atoms with Gasteiger partial charge in [0.1, 0.15) is 5.58 Å². The highest BCUT2D eigenvalue weighted by Gasteiger charge is 2.44. The first-order valence-corrected chi connectivity index (χ1v) is 12.0. The number of esters is 1. The van der Waals surface area contributed by atoms with Gasteiger partial charge in [-0.2, -0.15) is 0 Å². The number of benzene rings is 3. The number of anilines is 1. The number of aryl methyl sites for hydroxylation is 1. The third-order valence-corrected chi connectivity index (χ3v) is 6.28. The maximum absolute atomic E-state index is 13.8. The molecular formula is C29H25NO7. The van der Waals surface area contributed by atoms with Crippen molar-refractivity contribution in [3.63, 3.8) is 0 Å². The zero-order valence-electron chi connectivity index (χ0n) is 20.6. The summed E-state index contributed by atoms with van der Waals surface area (Å²) in [5.41, 5.74) is 2.45. The van der Waals surface area contributed by atoms with Crippen molar-refractivity contribution in [1.29, 1.82) is 0 Å². The van der Waals surface area contributed by atoms with Crippen LogP contribution in [-0.2, 0) is 4.74 Å². The third kappa shape index (κ3) is 4.10. The van der Waals surface area contributed by atoms with Crippen LogP contribution in [0.2, 0.25) is 0 Å². The first kappa shape index (κ1) is 24.1. The lowest BCUT2D eigenvalue weighted by atomic mass is 9.97. The van der Waals surface area contributed by atoms with Crippen molar-refractivity contribution >= 4 is 28.5 Å². The number of phenols is 1. The van der Waals surface area contributed by atoms with E-state index in [-0.39, 0.29) is 34.9 Å². The molecule has 0 saturated heterocycles. The number of phenolic OH excluding ortho intramolecular Hbond substituents is 1. The number of ether oxygens (including phenoxy) is 2. The molecular weight excluding hydrogens is 474 g/mol. The van der Waals surface area contributed by atoms with Gasteiger partial charge >= 0.3 is 5.97 Å². The minimum atomic E-state index is -0.850. The van der Waals surface area contributed by atoms with Gasteiger partial charge in [-0.05, 0) is 74.9 Å². The number of hydrogen-bond donors (Lipinski definition) is 1. The van der Waals surface area contributed by atoms with E-state index in [1.54, 1.807) is 62.4 Å². The second-order valence-corrected chi connectivity index (χ2v) is 8.68. The molecule has 1 N–H and O–H groups in total. The lowest BCUT2D eigenvalue weighted by Gasteiger charge is -2.26. The van der Waals surface area contributed by atoms with Crippen molar-refractivity contribution in [2.24, 2.45) is 0 Å². The summed E-state index contributed by atoms with van der Waals surface area (Å²) in [5.74, 6) is -0.831. The van der Waals surface area contributed by atoms with Crippen molar-refractivity contribution in [3.05, 3.63) is 98.9 Å². The molecule has 8 heteroatoms. The van der Waals surface area contributed by atoms with E-state index in [2.05, 4.69) is 0 Å². The molecule has 2 heterocycles. The van der Waals surface area contributed by atoms with Crippen LogP contribution in [0.25, 0.3) is 11.0 Å². The van der Waals surface area contributed by atoms with Crippen molar-refractivity contribution < 1.29 is 28.6 Å². The number of fused-ring (bicyclic) bond motifs is 2. The quantitative estimate of drug-likeness (QED) is 0.367. The van der Waals surface area contributed by atoms with Gasteiger partial charge in [0.25, 0.3) is 5.91 Å². The molecule has 188 valence electrons. The molecule has 0 bridgehead atoms. The van der Waals surface area contributed by atoms with Crippen LogP contribution in [0.15, 0.2) is 69.9 Å². The summed E-state index contributed by atoms with van der Waals surface area (Å²) in [6.07, 6.45) is 0. The first-order valence-electron chi connectivity index (χ1n) is 12.0. The number of carbonyl (C=O) groups excluding carboxylic acids is 2. The molecule has 1 amide bonds. The number of amides is 1. The molecule has 37 heavy (non-hydrogen) atoms. The summed E-state index contributed by atoms with van der Waals surface area (Å²) in [6.45, 7) is 5.96. The first-order chi connectivity index (χ1) is 17.8. The fourth-order valence-corrected chi connectivity index (χ4v) is 4.61. The van der Waals surface area contributed by atoms with Gasteiger partial charge in [0.15, 0.2) is 16.9 Å². The van der Waals surface area contributed by atoms with Gasteiger partial charge in [-0.1, -0.05) is 17.7 Å². The fourth-order valence-electron chi connectivity index (χ4n) is 4.61. The van der Waals surface area contributed by atoms with E-state index < -0.39 is 17.9 Å². The second kappa shape index (κ2) is 9.46. The largest absolute Gasteiger partial charge is 0.504 e. The van der Waals surface area contributed by atoms with Gasteiger partial charge < -0.3 is 19.0 Å². The Hall–Kier alpha value is -4.59. The van der Waals surface area contributed by atoms with E-state index in [1.807, 2.05) is 13.0 Å². The Bertz CT molecular complexity index is 1590. The Morgan fingerprint density at radius 1 is 1.00 bits per heavy atom. The monoisotopic (exact) mass is 499 g/mol. The van der Waals surface area contributed by atoms with Gasteiger partial charge in [0.05, 0.1) is 35.8 Å². The molecule has 3 aromatic carbocycles. The highest BCUT2D eigenvalue weighted by atomic mass is 16.5. The van der Waals surface area contributed by atoms with Crippen LogP contribution < -0.4 is 15.1 Å². The van der Waals surface area contributed by atoms with Gasteiger partial charge in [0, 0.05) is 5.69 Å². The predicted molar refractivity (Wildman–Crippen MR) is 138 cm³/mol. The lowest BCUT2D eigenvalue weighted by molar-refractivity contribution is 0.0526. The molecule has 8 nitrogen and oxygen atoms in total. The zero-order chi connectivity index (χ0) is 26.3. The molecule has 1 aliphatic rings. The number of rotatable bonds is 6. The molecule has 1 atom stereocenters. The molecule has 1 aliphatic heterocycles. The van der Waals surface area contributed by atoms with Crippen molar-refractivity contribution in [2.75, 3.05) is 18.1 Å². The number of nitrogens with zero attached hydrogens (tertiary/aromatic N) is 1. The van der Waals surface area contributed by atoms with Crippen LogP contribution in [-0.4, -0.2) is 30.2 Å². The molecule has 0 fully saturated rings. The van der Waals surface area contributed by atoms with E-state index in [0.717, 1.165) is 5.56 Å². The van der Waals surface area contributed by atoms with E-state index >= 15 is 0 Å². The van der Waals surface area contributed by atoms with Crippen molar-refractivity contribution in [2.45, 2.75) is 26.8 Å². The summed E-state index contributed by atoms with van der Waals surface area (Å²) in [4.78, 5) is 41.2. The maximum Gasteiger partial charge on any atom is 0.338 e. The van der Waals surface area contributed by atoms with Gasteiger partial charge in [-0.3, -0.25) is 14.5 Å². The molecule has 5 rings (SSSR count). The Labute approximate surface area is 212 Å². The third-order valence-electron chi connectivity index (χ3n) is 6.28. The van der Waals surface area contributed by atoms with Crippen LogP contribution in [0.3, 0.4) is 0 Å². The minimum absolute atomic E-state index is 0.0492. The Kier molecular flexibility index (Phi) is 6.17. The molecule has 0 saturated carbocycles. The smallest absolute Gasteiger partial charge is 0.338 e. The highest BCUT2D eigenvalue weighted by molar-refractivity contribution is 6.10. The van der Waals surface area contributed by atoms with Gasteiger partial charge in [-0.25, -0.2) is 4.79 Å². The maximum atomic E-state index is 13.8.